The average molecular weight is 690 g/mol. The number of carbonyl (C=O) groups excluding carboxylic acids is 1. The highest BCUT2D eigenvalue weighted by atomic mass is 16.7. The second-order valence-corrected chi connectivity index (χ2v) is 15.7. The molecule has 3 aliphatic rings. The van der Waals surface area contributed by atoms with Crippen molar-refractivity contribution in [2.24, 2.45) is 23.7 Å². The van der Waals surface area contributed by atoms with Gasteiger partial charge in [-0.25, -0.2) is 0 Å². The van der Waals surface area contributed by atoms with Gasteiger partial charge < -0.3 is 53.7 Å². The van der Waals surface area contributed by atoms with Crippen LogP contribution in [0.2, 0.25) is 0 Å². The van der Waals surface area contributed by atoms with Gasteiger partial charge in [0, 0.05) is 32.0 Å². The van der Waals surface area contributed by atoms with Gasteiger partial charge in [0.1, 0.15) is 30.0 Å². The predicted octanol–water partition coefficient (Wildman–Crippen LogP) is 3.25. The first-order valence-electron chi connectivity index (χ1n) is 18.1. The zero-order valence-electron chi connectivity index (χ0n) is 31.5. The van der Waals surface area contributed by atoms with Gasteiger partial charge in [-0.15, -0.1) is 0 Å². The summed E-state index contributed by atoms with van der Waals surface area (Å²) < 4.78 is 37.5. The predicted molar refractivity (Wildman–Crippen MR) is 180 cm³/mol. The lowest BCUT2D eigenvalue weighted by molar-refractivity contribution is -0.306. The van der Waals surface area contributed by atoms with E-state index in [-0.39, 0.29) is 30.8 Å². The maximum absolute atomic E-state index is 14.1. The number of rotatable bonds is 6. The van der Waals surface area contributed by atoms with Gasteiger partial charge in [-0.3, -0.25) is 4.79 Å². The lowest BCUT2D eigenvalue weighted by Crippen LogP contribution is -2.59. The van der Waals surface area contributed by atoms with E-state index in [0.717, 1.165) is 12.8 Å². The van der Waals surface area contributed by atoms with E-state index in [0.29, 0.717) is 13.0 Å². The SMILES string of the molecule is CC[C@H]1OC(=O)[C@H](C)[C@@H](O[C@H]2C[C@@](C)(OC)[C@@H](O)[C@H](C)O2)[C@H](C)[C@@H](O[C@@H]2O[C@H](C)CC[C@H]2O)[C@@H](C)C[C@@H](C)CN(C)[C@H](C)[C@@H](O)[C@]1(C)O. The molecule has 3 rings (SSSR count). The van der Waals surface area contributed by atoms with Crippen LogP contribution < -0.4 is 0 Å². The normalized spacial score (nSPS) is 49.5. The van der Waals surface area contributed by atoms with Crippen molar-refractivity contribution in [3.8, 4) is 0 Å². The van der Waals surface area contributed by atoms with Crippen LogP contribution in [0.1, 0.15) is 101 Å². The van der Waals surface area contributed by atoms with Crippen molar-refractivity contribution in [3.05, 3.63) is 0 Å². The minimum atomic E-state index is -1.73. The van der Waals surface area contributed by atoms with E-state index in [4.69, 9.17) is 28.4 Å². The number of carbonyl (C=O) groups is 1. The number of cyclic esters (lactones) is 1. The van der Waals surface area contributed by atoms with E-state index >= 15 is 0 Å². The van der Waals surface area contributed by atoms with Crippen LogP contribution >= 0.6 is 0 Å². The third-order valence-electron chi connectivity index (χ3n) is 11.5. The smallest absolute Gasteiger partial charge is 0.311 e. The highest BCUT2D eigenvalue weighted by Gasteiger charge is 2.50. The Morgan fingerprint density at radius 1 is 0.938 bits per heavy atom. The lowest BCUT2D eigenvalue weighted by atomic mass is 9.80. The molecule has 282 valence electrons. The van der Waals surface area contributed by atoms with Crippen molar-refractivity contribution in [2.45, 2.75) is 180 Å². The molecule has 0 aromatic heterocycles. The molecule has 0 spiro atoms. The number of ether oxygens (including phenoxy) is 6. The minimum absolute atomic E-state index is 0.0696. The Kier molecular flexibility index (Phi) is 14.7. The molecular weight excluding hydrogens is 622 g/mol. The Morgan fingerprint density at radius 3 is 2.19 bits per heavy atom. The van der Waals surface area contributed by atoms with Crippen molar-refractivity contribution >= 4 is 5.97 Å². The Morgan fingerprint density at radius 2 is 1.58 bits per heavy atom. The monoisotopic (exact) mass is 689 g/mol. The summed E-state index contributed by atoms with van der Waals surface area (Å²) in [5.41, 5.74) is -2.68. The molecule has 12 nitrogen and oxygen atoms in total. The first-order chi connectivity index (χ1) is 22.3. The molecule has 0 unspecified atom stereocenters. The van der Waals surface area contributed by atoms with Gasteiger partial charge in [0.15, 0.2) is 12.6 Å². The fourth-order valence-corrected chi connectivity index (χ4v) is 8.06. The molecule has 0 amide bonds. The molecule has 3 saturated heterocycles. The largest absolute Gasteiger partial charge is 0.459 e. The average Bonchev–Trinajstić information content (AvgIpc) is 3.02. The molecule has 0 bridgehead atoms. The molecule has 0 saturated carbocycles. The molecule has 0 aromatic carbocycles. The van der Waals surface area contributed by atoms with E-state index in [1.54, 1.807) is 27.7 Å². The van der Waals surface area contributed by atoms with Gasteiger partial charge >= 0.3 is 5.97 Å². The summed E-state index contributed by atoms with van der Waals surface area (Å²) in [5.74, 6) is -1.80. The van der Waals surface area contributed by atoms with Crippen LogP contribution in [0.4, 0.5) is 0 Å². The van der Waals surface area contributed by atoms with E-state index < -0.39 is 90.4 Å². The molecule has 3 aliphatic heterocycles. The molecule has 3 heterocycles. The summed E-state index contributed by atoms with van der Waals surface area (Å²) in [4.78, 5) is 16.1. The summed E-state index contributed by atoms with van der Waals surface area (Å²) >= 11 is 0. The summed E-state index contributed by atoms with van der Waals surface area (Å²) in [5, 5.41) is 44.9. The third kappa shape index (κ3) is 9.48. The fourth-order valence-electron chi connectivity index (χ4n) is 8.06. The maximum Gasteiger partial charge on any atom is 0.311 e. The molecule has 4 N–H and O–H groups in total. The molecule has 0 aromatic rings. The van der Waals surface area contributed by atoms with Crippen LogP contribution in [0.15, 0.2) is 0 Å². The van der Waals surface area contributed by atoms with Gasteiger partial charge in [0.25, 0.3) is 0 Å². The van der Waals surface area contributed by atoms with Gasteiger partial charge in [-0.2, -0.15) is 0 Å². The van der Waals surface area contributed by atoms with E-state index in [1.165, 1.54) is 14.0 Å². The number of aliphatic hydroxyl groups is 4. The van der Waals surface area contributed by atoms with Crippen molar-refractivity contribution in [1.29, 1.82) is 0 Å². The summed E-state index contributed by atoms with van der Waals surface area (Å²) in [7, 11) is 3.46. The van der Waals surface area contributed by atoms with Crippen molar-refractivity contribution in [3.63, 3.8) is 0 Å². The number of nitrogens with zero attached hydrogens (tertiary/aromatic N) is 1. The molecule has 48 heavy (non-hydrogen) atoms. The Labute approximate surface area is 288 Å². The van der Waals surface area contributed by atoms with E-state index in [9.17, 15) is 25.2 Å². The number of hydrogen-bond acceptors (Lipinski definition) is 12. The van der Waals surface area contributed by atoms with E-state index in [1.807, 2.05) is 32.7 Å². The molecule has 3 fully saturated rings. The topological polar surface area (TPSA) is 157 Å². The van der Waals surface area contributed by atoms with Gasteiger partial charge in [0.2, 0.25) is 0 Å². The molecule has 0 radical (unpaired) electrons. The van der Waals surface area contributed by atoms with Crippen molar-refractivity contribution < 1.29 is 53.6 Å². The van der Waals surface area contributed by atoms with Crippen LogP contribution in [0.5, 0.6) is 0 Å². The van der Waals surface area contributed by atoms with E-state index in [2.05, 4.69) is 13.8 Å². The van der Waals surface area contributed by atoms with Crippen LogP contribution in [-0.4, -0.2) is 131 Å². The number of esters is 1. The Hall–Kier alpha value is -0.930. The number of likely N-dealkylation sites (N-methyl/N-ethyl adjacent to an activating group) is 1. The van der Waals surface area contributed by atoms with Gasteiger partial charge in [-0.05, 0) is 86.1 Å². The van der Waals surface area contributed by atoms with Gasteiger partial charge in [0.05, 0.1) is 35.9 Å². The number of methoxy groups -OCH3 is 1. The first kappa shape index (κ1) is 41.5. The third-order valence-corrected chi connectivity index (χ3v) is 11.5. The fraction of sp³-hybridized carbons (Fsp3) is 0.972. The zero-order valence-corrected chi connectivity index (χ0v) is 31.5. The zero-order chi connectivity index (χ0) is 36.3. The Balaban J connectivity index is 2.09. The second kappa shape index (κ2) is 17.1. The summed E-state index contributed by atoms with van der Waals surface area (Å²) in [6, 6.07) is -0.432. The lowest BCUT2D eigenvalue weighted by Gasteiger charge is -2.47. The molecular formula is C36H67NO11. The molecule has 12 heteroatoms. The van der Waals surface area contributed by atoms with Crippen LogP contribution in [0.3, 0.4) is 0 Å². The molecule has 0 aliphatic carbocycles. The highest BCUT2D eigenvalue weighted by Crippen LogP contribution is 2.38. The second-order valence-electron chi connectivity index (χ2n) is 15.7. The van der Waals surface area contributed by atoms with Crippen LogP contribution in [0.25, 0.3) is 0 Å². The van der Waals surface area contributed by atoms with Crippen molar-refractivity contribution in [2.75, 3.05) is 20.7 Å². The first-order valence-corrected chi connectivity index (χ1v) is 18.1. The number of hydrogen-bond donors (Lipinski definition) is 4. The van der Waals surface area contributed by atoms with Crippen LogP contribution in [-0.2, 0) is 33.2 Å². The highest BCUT2D eigenvalue weighted by molar-refractivity contribution is 5.73. The standard InChI is InChI=1S/C36H67NO11/c1-13-27-36(10,42)31(39)24(7)37(11)18-19(2)16-20(3)29(48-34-26(38)15-14-21(4)44-34)22(5)30(23(6)33(41)46-27)47-28-17-35(9,43-12)32(40)25(8)45-28/h19-32,34,38-40,42H,13-18H2,1-12H3/t19-,20+,21-,22-,23-,24-,25+,26-,27-,28+,29+,30+,31-,32+,34+,35-,36-/m1/s1. The van der Waals surface area contributed by atoms with Crippen molar-refractivity contribution in [1.82, 2.24) is 4.90 Å². The summed E-state index contributed by atoms with van der Waals surface area (Å²) in [6.07, 6.45) is -5.08. The Bertz CT molecular complexity index is 1020. The maximum atomic E-state index is 14.1. The molecule has 17 atom stereocenters. The quantitative estimate of drug-likeness (QED) is 0.303. The van der Waals surface area contributed by atoms with Crippen LogP contribution in [0, 0.1) is 23.7 Å². The minimum Gasteiger partial charge on any atom is -0.459 e. The number of aliphatic hydroxyl groups excluding tert-OH is 3. The van der Waals surface area contributed by atoms with Gasteiger partial charge in [-0.1, -0.05) is 27.7 Å². The summed E-state index contributed by atoms with van der Waals surface area (Å²) in [6.45, 7) is 19.3.